The summed E-state index contributed by atoms with van der Waals surface area (Å²) in [7, 11) is 0.619. The van der Waals surface area contributed by atoms with Gasteiger partial charge in [0.2, 0.25) is 0 Å². The van der Waals surface area contributed by atoms with Crippen molar-refractivity contribution in [2.75, 3.05) is 42.0 Å². The summed E-state index contributed by atoms with van der Waals surface area (Å²) < 4.78 is 29.0. The van der Waals surface area contributed by atoms with E-state index in [0.29, 0.717) is 17.7 Å². The lowest BCUT2D eigenvalue weighted by Crippen LogP contribution is -2.43. The molecule has 3 rings (SSSR count). The Morgan fingerprint density at radius 2 is 1.66 bits per heavy atom. The molecule has 2 aromatic carbocycles. The van der Waals surface area contributed by atoms with Gasteiger partial charge in [0.25, 0.3) is 5.91 Å². The zero-order chi connectivity index (χ0) is 21.0. The van der Waals surface area contributed by atoms with Crippen LogP contribution >= 0.6 is 0 Å². The van der Waals surface area contributed by atoms with Gasteiger partial charge in [-0.15, -0.1) is 0 Å². The maximum absolute atomic E-state index is 12.9. The number of hydrogen-bond acceptors (Lipinski definition) is 6. The molecule has 0 bridgehead atoms. The van der Waals surface area contributed by atoms with Crippen LogP contribution in [0.1, 0.15) is 16.8 Å². The fourth-order valence-corrected chi connectivity index (χ4v) is 5.00. The van der Waals surface area contributed by atoms with Crippen LogP contribution in [0.15, 0.2) is 54.6 Å². The summed E-state index contributed by atoms with van der Waals surface area (Å²) in [5.41, 5.74) is 1.87. The molecule has 29 heavy (non-hydrogen) atoms. The number of benzene rings is 2. The lowest BCUT2D eigenvalue weighted by Gasteiger charge is -2.28. The first-order valence-electron chi connectivity index (χ1n) is 9.29. The van der Waals surface area contributed by atoms with Crippen LogP contribution in [0.25, 0.3) is 0 Å². The van der Waals surface area contributed by atoms with Gasteiger partial charge in [0.15, 0.2) is 16.4 Å². The number of carbonyl (C=O) groups excluding carboxylic acids is 2. The minimum atomic E-state index is -3.17. The number of esters is 1. The van der Waals surface area contributed by atoms with E-state index in [4.69, 9.17) is 4.74 Å². The average molecular weight is 416 g/mol. The van der Waals surface area contributed by atoms with E-state index in [2.05, 4.69) is 0 Å². The Kier molecular flexibility index (Phi) is 6.22. The minimum absolute atomic E-state index is 0.0479. The van der Waals surface area contributed by atoms with Crippen LogP contribution in [0.4, 0.5) is 11.4 Å². The van der Waals surface area contributed by atoms with Crippen molar-refractivity contribution in [2.45, 2.75) is 12.5 Å². The second-order valence-corrected chi connectivity index (χ2v) is 9.40. The van der Waals surface area contributed by atoms with Crippen LogP contribution < -0.4 is 9.80 Å². The van der Waals surface area contributed by atoms with Crippen molar-refractivity contribution < 1.29 is 22.7 Å². The Labute approximate surface area is 170 Å². The quantitative estimate of drug-likeness (QED) is 0.671. The number of anilines is 2. The molecule has 1 saturated heterocycles. The van der Waals surface area contributed by atoms with Crippen LogP contribution in [0.5, 0.6) is 0 Å². The van der Waals surface area contributed by atoms with Crippen molar-refractivity contribution in [3.63, 3.8) is 0 Å². The monoisotopic (exact) mass is 416 g/mol. The number of para-hydroxylation sites is 1. The second-order valence-electron chi connectivity index (χ2n) is 7.17. The number of hydrogen-bond donors (Lipinski definition) is 0. The van der Waals surface area contributed by atoms with Crippen LogP contribution in [0.3, 0.4) is 0 Å². The summed E-state index contributed by atoms with van der Waals surface area (Å²) in [6.45, 7) is -0.459. The number of ether oxygens (including phenoxy) is 1. The van der Waals surface area contributed by atoms with Crippen molar-refractivity contribution >= 4 is 33.1 Å². The maximum atomic E-state index is 12.9. The fraction of sp³-hybridized carbons (Fsp3) is 0.333. The van der Waals surface area contributed by atoms with Gasteiger partial charge in [-0.2, -0.15) is 0 Å². The molecular formula is C21H24N2O5S. The molecule has 1 heterocycles. The number of amides is 1. The van der Waals surface area contributed by atoms with Crippen LogP contribution in [0, 0.1) is 0 Å². The molecule has 1 aliphatic rings. The molecule has 8 heteroatoms. The van der Waals surface area contributed by atoms with Gasteiger partial charge in [-0.3, -0.25) is 4.79 Å². The van der Waals surface area contributed by atoms with Gasteiger partial charge in [-0.05, 0) is 42.8 Å². The highest BCUT2D eigenvalue weighted by Gasteiger charge is 2.35. The van der Waals surface area contributed by atoms with E-state index in [9.17, 15) is 18.0 Å². The zero-order valence-electron chi connectivity index (χ0n) is 16.4. The SMILES string of the molecule is CN(C)c1ccc(C(=O)OCC(=O)N(c2ccccc2)[C@H]2CCS(=O)(=O)C2)cc1. The van der Waals surface area contributed by atoms with E-state index in [1.165, 1.54) is 4.90 Å². The Bertz CT molecular complexity index is 972. The van der Waals surface area contributed by atoms with Crippen LogP contribution in [-0.2, 0) is 19.4 Å². The molecule has 1 amide bonds. The van der Waals surface area contributed by atoms with E-state index < -0.39 is 34.4 Å². The van der Waals surface area contributed by atoms with Gasteiger partial charge >= 0.3 is 5.97 Å². The number of nitrogens with zero attached hydrogens (tertiary/aromatic N) is 2. The number of rotatable bonds is 6. The molecule has 0 aromatic heterocycles. The minimum Gasteiger partial charge on any atom is -0.452 e. The van der Waals surface area contributed by atoms with Gasteiger partial charge < -0.3 is 14.5 Å². The molecule has 0 spiro atoms. The molecule has 1 fully saturated rings. The Balaban J connectivity index is 1.71. The maximum Gasteiger partial charge on any atom is 0.338 e. The standard InChI is InChI=1S/C21H24N2O5S/c1-22(2)17-10-8-16(9-11-17)21(25)28-14-20(24)23(18-6-4-3-5-7-18)19-12-13-29(26,27)15-19/h3-11,19H,12-15H2,1-2H3/t19-/m0/s1. The summed E-state index contributed by atoms with van der Waals surface area (Å²) in [6.07, 6.45) is 0.364. The summed E-state index contributed by atoms with van der Waals surface area (Å²) >= 11 is 0. The summed E-state index contributed by atoms with van der Waals surface area (Å²) in [5, 5.41) is 0. The smallest absolute Gasteiger partial charge is 0.338 e. The second kappa shape index (κ2) is 8.65. The third kappa shape index (κ3) is 5.14. The van der Waals surface area contributed by atoms with Crippen LogP contribution in [-0.4, -0.2) is 58.5 Å². The van der Waals surface area contributed by atoms with Crippen molar-refractivity contribution in [1.82, 2.24) is 0 Å². The van der Waals surface area contributed by atoms with E-state index in [1.54, 1.807) is 48.5 Å². The van der Waals surface area contributed by atoms with E-state index in [-0.39, 0.29) is 11.5 Å². The molecular weight excluding hydrogens is 392 g/mol. The van der Waals surface area contributed by atoms with Gasteiger partial charge in [0, 0.05) is 25.5 Å². The Hall–Kier alpha value is -2.87. The number of carbonyl (C=O) groups is 2. The highest BCUT2D eigenvalue weighted by atomic mass is 32.2. The normalized spacial score (nSPS) is 17.5. The first kappa shape index (κ1) is 20.9. The Morgan fingerprint density at radius 1 is 1.00 bits per heavy atom. The predicted molar refractivity (Wildman–Crippen MR) is 112 cm³/mol. The zero-order valence-corrected chi connectivity index (χ0v) is 17.3. The van der Waals surface area contributed by atoms with Crippen molar-refractivity contribution in [3.05, 3.63) is 60.2 Å². The molecule has 2 aromatic rings. The van der Waals surface area contributed by atoms with E-state index in [0.717, 1.165) is 5.69 Å². The molecule has 0 aliphatic carbocycles. The first-order chi connectivity index (χ1) is 13.8. The number of sulfone groups is 1. The highest BCUT2D eigenvalue weighted by molar-refractivity contribution is 7.91. The van der Waals surface area contributed by atoms with Crippen molar-refractivity contribution in [1.29, 1.82) is 0 Å². The molecule has 0 radical (unpaired) electrons. The summed E-state index contributed by atoms with van der Waals surface area (Å²) in [4.78, 5) is 28.5. The average Bonchev–Trinajstić information content (AvgIpc) is 3.06. The summed E-state index contributed by atoms with van der Waals surface area (Å²) in [6, 6.07) is 15.2. The molecule has 0 saturated carbocycles. The molecule has 0 N–H and O–H groups in total. The van der Waals surface area contributed by atoms with E-state index in [1.807, 2.05) is 25.1 Å². The summed E-state index contributed by atoms with van der Waals surface area (Å²) in [5.74, 6) is -1.09. The topological polar surface area (TPSA) is 84.0 Å². The lowest BCUT2D eigenvalue weighted by atomic mass is 10.2. The molecule has 7 nitrogen and oxygen atoms in total. The van der Waals surface area contributed by atoms with Crippen LogP contribution in [0.2, 0.25) is 0 Å². The molecule has 154 valence electrons. The fourth-order valence-electron chi connectivity index (χ4n) is 3.30. The van der Waals surface area contributed by atoms with Crippen molar-refractivity contribution in [3.8, 4) is 0 Å². The van der Waals surface area contributed by atoms with Crippen molar-refractivity contribution in [2.24, 2.45) is 0 Å². The van der Waals surface area contributed by atoms with Gasteiger partial charge in [-0.25, -0.2) is 13.2 Å². The predicted octanol–water partition coefficient (Wildman–Crippen LogP) is 2.13. The molecule has 1 atom stereocenters. The van der Waals surface area contributed by atoms with E-state index >= 15 is 0 Å². The first-order valence-corrected chi connectivity index (χ1v) is 11.1. The highest BCUT2D eigenvalue weighted by Crippen LogP contribution is 2.24. The third-order valence-electron chi connectivity index (χ3n) is 4.82. The largest absolute Gasteiger partial charge is 0.452 e. The molecule has 1 aliphatic heterocycles. The Morgan fingerprint density at radius 3 is 2.21 bits per heavy atom. The lowest BCUT2D eigenvalue weighted by molar-refractivity contribution is -0.122. The van der Waals surface area contributed by atoms with Gasteiger partial charge in [0.1, 0.15) is 0 Å². The third-order valence-corrected chi connectivity index (χ3v) is 6.57. The van der Waals surface area contributed by atoms with Gasteiger partial charge in [0.05, 0.1) is 23.1 Å². The van der Waals surface area contributed by atoms with Gasteiger partial charge in [-0.1, -0.05) is 18.2 Å². The molecule has 0 unspecified atom stereocenters.